The molecule has 8 heteroatoms. The zero-order chi connectivity index (χ0) is 9.28. The van der Waals surface area contributed by atoms with E-state index >= 15 is 0 Å². The number of hydrogen-bond acceptors (Lipinski definition) is 2. The molecule has 0 spiro atoms. The van der Waals surface area contributed by atoms with Crippen molar-refractivity contribution in [3.8, 4) is 0 Å². The minimum absolute atomic E-state index is 1.12. The molecule has 68 valence electrons. The van der Waals surface area contributed by atoms with Gasteiger partial charge in [-0.05, 0) is 0 Å². The van der Waals surface area contributed by atoms with Crippen molar-refractivity contribution < 1.29 is 21.1 Å². The third-order valence-corrected chi connectivity index (χ3v) is 2.22. The van der Waals surface area contributed by atoms with Gasteiger partial charge in [0.15, 0.2) is 0 Å². The van der Waals surface area contributed by atoms with E-state index in [9.17, 15) is 21.1 Å². The Labute approximate surface area is 80.5 Å². The number of rotatable bonds is 3. The van der Waals surface area contributed by atoms with Gasteiger partial charge in [-0.2, -0.15) is 17.2 Å². The van der Waals surface area contributed by atoms with Gasteiger partial charge in [-0.1, -0.05) is 26.5 Å². The van der Waals surface area contributed by atoms with Crippen molar-refractivity contribution in [1.29, 1.82) is 0 Å². The van der Waals surface area contributed by atoms with E-state index in [0.29, 0.717) is 0 Å². The van der Waals surface area contributed by atoms with E-state index in [1.165, 1.54) is 22.6 Å². The molecule has 0 saturated heterocycles. The van der Waals surface area contributed by atoms with Crippen molar-refractivity contribution in [2.45, 2.75) is 15.1 Å². The van der Waals surface area contributed by atoms with E-state index in [-0.39, 0.29) is 0 Å². The Bertz CT molecular complexity index is 227. The van der Waals surface area contributed by atoms with E-state index in [1.807, 2.05) is 0 Å². The second kappa shape index (κ2) is 3.65. The predicted molar refractivity (Wildman–Crippen MR) is 43.3 cm³/mol. The van der Waals surface area contributed by atoms with Gasteiger partial charge < -0.3 is 0 Å². The molecule has 0 N–H and O–H groups in total. The molecule has 0 aromatic rings. The molecule has 0 rings (SSSR count). The lowest BCUT2D eigenvalue weighted by molar-refractivity contribution is 0.0816. The van der Waals surface area contributed by atoms with Crippen LogP contribution < -0.4 is 0 Å². The van der Waals surface area contributed by atoms with Crippen molar-refractivity contribution >= 4 is 44.4 Å². The zero-order valence-corrected chi connectivity index (χ0v) is 8.63. The average Bonchev–Trinajstić information content (AvgIpc) is 1.56. The fourth-order valence-corrected chi connectivity index (χ4v) is 1.78. The maximum Gasteiger partial charge on any atom is 0.376 e. The van der Waals surface area contributed by atoms with Gasteiger partial charge in [0.25, 0.3) is 0 Å². The molecule has 0 aromatic carbocycles. The van der Waals surface area contributed by atoms with Crippen LogP contribution in [0.3, 0.4) is 0 Å². The Morgan fingerprint density at radius 2 is 1.91 bits per heavy atom. The van der Waals surface area contributed by atoms with Crippen LogP contribution in [0.2, 0.25) is 0 Å². The Morgan fingerprint density at radius 3 is 2.00 bits per heavy atom. The lowest BCUT2D eigenvalue weighted by Crippen LogP contribution is -2.26. The first kappa shape index (κ1) is 11.8. The van der Waals surface area contributed by atoms with E-state index < -0.39 is 25.3 Å². The van der Waals surface area contributed by atoms with Crippen LogP contribution in [-0.2, 0) is 10.2 Å². The zero-order valence-electron chi connectivity index (χ0n) is 4.90. The summed E-state index contributed by atoms with van der Waals surface area (Å²) in [6, 6.07) is 0. The molecular formula is C3H3ClF3IO2S. The highest BCUT2D eigenvalue weighted by atomic mass is 127. The second-order valence-electron chi connectivity index (χ2n) is 1.67. The molecule has 0 radical (unpaired) electrons. The molecule has 2 nitrogen and oxygen atoms in total. The monoisotopic (exact) mass is 322 g/mol. The minimum atomic E-state index is -5.82. The standard InChI is InChI=1S/C3H3ClF3IO2S/c4-2(8)1-3(5,6)11(7,9)10/h2H,1H2. The van der Waals surface area contributed by atoms with Gasteiger partial charge in [-0.25, -0.2) is 0 Å². The lowest BCUT2D eigenvalue weighted by atomic mass is 10.5. The van der Waals surface area contributed by atoms with Gasteiger partial charge in [0.05, 0.1) is 9.80 Å². The van der Waals surface area contributed by atoms with Crippen molar-refractivity contribution in [3.05, 3.63) is 0 Å². The highest BCUT2D eigenvalue weighted by Crippen LogP contribution is 2.32. The fraction of sp³-hybridized carbons (Fsp3) is 1.00. The topological polar surface area (TPSA) is 34.1 Å². The summed E-state index contributed by atoms with van der Waals surface area (Å²) >= 11 is 6.41. The SMILES string of the molecule is O=S(=O)(F)C(F)(F)CC(Cl)I. The van der Waals surface area contributed by atoms with Crippen molar-refractivity contribution in [1.82, 2.24) is 0 Å². The van der Waals surface area contributed by atoms with Crippen molar-refractivity contribution in [3.63, 3.8) is 0 Å². The molecule has 1 unspecified atom stereocenters. The Balaban J connectivity index is 4.49. The molecule has 0 aliphatic carbocycles. The lowest BCUT2D eigenvalue weighted by Gasteiger charge is -2.10. The first-order valence-corrected chi connectivity index (χ1v) is 5.33. The Morgan fingerprint density at radius 1 is 1.55 bits per heavy atom. The van der Waals surface area contributed by atoms with Crippen LogP contribution in [0.15, 0.2) is 0 Å². The van der Waals surface area contributed by atoms with Gasteiger partial charge in [-0.3, -0.25) is 0 Å². The van der Waals surface area contributed by atoms with Gasteiger partial charge >= 0.3 is 15.5 Å². The van der Waals surface area contributed by atoms with E-state index in [1.54, 1.807) is 0 Å². The molecular weight excluding hydrogens is 319 g/mol. The predicted octanol–water partition coefficient (Wildman–Crippen LogP) is 2.27. The third-order valence-electron chi connectivity index (χ3n) is 0.749. The first-order valence-electron chi connectivity index (χ1n) is 2.27. The van der Waals surface area contributed by atoms with Crippen LogP contribution in [0.1, 0.15) is 6.42 Å². The first-order chi connectivity index (χ1) is 4.67. The summed E-state index contributed by atoms with van der Waals surface area (Å²) in [5.74, 6) is 0. The molecule has 0 aliphatic rings. The van der Waals surface area contributed by atoms with E-state index in [2.05, 4.69) is 0 Å². The molecule has 0 aliphatic heterocycles. The molecule has 1 atom stereocenters. The van der Waals surface area contributed by atoms with E-state index in [4.69, 9.17) is 11.6 Å². The number of alkyl halides is 4. The largest absolute Gasteiger partial charge is 0.376 e. The maximum atomic E-state index is 12.1. The number of hydrogen-bond donors (Lipinski definition) is 0. The van der Waals surface area contributed by atoms with Crippen molar-refractivity contribution in [2.24, 2.45) is 0 Å². The fourth-order valence-electron chi connectivity index (χ4n) is 0.279. The highest BCUT2D eigenvalue weighted by molar-refractivity contribution is 14.1. The molecule has 0 bridgehead atoms. The summed E-state index contributed by atoms with van der Waals surface area (Å²) in [7, 11) is -5.82. The second-order valence-corrected chi connectivity index (χ2v) is 5.91. The van der Waals surface area contributed by atoms with Gasteiger partial charge in [0.1, 0.15) is 0 Å². The van der Waals surface area contributed by atoms with Crippen molar-refractivity contribution in [2.75, 3.05) is 0 Å². The molecule has 0 heterocycles. The molecule has 11 heavy (non-hydrogen) atoms. The van der Waals surface area contributed by atoms with E-state index in [0.717, 1.165) is 0 Å². The van der Waals surface area contributed by atoms with Gasteiger partial charge in [0.2, 0.25) is 0 Å². The maximum absolute atomic E-state index is 12.1. The average molecular weight is 322 g/mol. The van der Waals surface area contributed by atoms with Crippen LogP contribution in [0.5, 0.6) is 0 Å². The van der Waals surface area contributed by atoms with Gasteiger partial charge in [-0.15, -0.1) is 11.6 Å². The molecule has 0 fully saturated rings. The van der Waals surface area contributed by atoms with Crippen LogP contribution in [0.25, 0.3) is 0 Å². The smallest absolute Gasteiger partial charge is 0.188 e. The minimum Gasteiger partial charge on any atom is -0.188 e. The summed E-state index contributed by atoms with van der Waals surface area (Å²) in [4.78, 5) is 0. The molecule has 0 amide bonds. The van der Waals surface area contributed by atoms with Gasteiger partial charge in [0, 0.05) is 0 Å². The summed E-state index contributed by atoms with van der Waals surface area (Å²) in [5, 5.41) is -4.37. The third kappa shape index (κ3) is 3.79. The quantitative estimate of drug-likeness (QED) is 0.454. The summed E-state index contributed by atoms with van der Waals surface area (Å²) in [5.41, 5.74) is 0. The van der Waals surface area contributed by atoms with Crippen LogP contribution in [-0.4, -0.2) is 17.1 Å². The number of halogens is 5. The molecule has 0 aromatic heterocycles. The molecule has 0 saturated carbocycles. The summed E-state index contributed by atoms with van der Waals surface area (Å²) in [6.07, 6.45) is -1.23. The Kier molecular flexibility index (Phi) is 3.90. The Hall–Kier alpha value is 0.760. The summed E-state index contributed by atoms with van der Waals surface area (Å²) < 4.78 is 54.2. The van der Waals surface area contributed by atoms with Crippen LogP contribution in [0.4, 0.5) is 12.7 Å². The van der Waals surface area contributed by atoms with Crippen LogP contribution in [0, 0.1) is 0 Å². The highest BCUT2D eigenvalue weighted by Gasteiger charge is 2.46. The summed E-state index contributed by atoms with van der Waals surface area (Å²) in [6.45, 7) is 0. The normalized spacial score (nSPS) is 16.5. The van der Waals surface area contributed by atoms with Crippen LogP contribution >= 0.6 is 34.2 Å².